The zero-order valence-corrected chi connectivity index (χ0v) is 13.1. The molecule has 6 nitrogen and oxygen atoms in total. The number of hydrogen-bond donors (Lipinski definition) is 1. The number of piperazine rings is 1. The van der Waals surface area contributed by atoms with Crippen molar-refractivity contribution in [3.8, 4) is 17.0 Å². The highest BCUT2D eigenvalue weighted by atomic mass is 16.5. The summed E-state index contributed by atoms with van der Waals surface area (Å²) in [5.74, 6) is 1.82. The van der Waals surface area contributed by atoms with Crippen LogP contribution in [0.2, 0.25) is 0 Å². The Morgan fingerprint density at radius 1 is 1.17 bits per heavy atom. The van der Waals surface area contributed by atoms with Gasteiger partial charge in [-0.25, -0.2) is 9.50 Å². The summed E-state index contributed by atoms with van der Waals surface area (Å²) in [6.07, 6.45) is 3.70. The minimum atomic E-state index is 0.826. The van der Waals surface area contributed by atoms with Crippen LogP contribution in [0.3, 0.4) is 0 Å². The smallest absolute Gasteiger partial charge is 0.154 e. The van der Waals surface area contributed by atoms with Gasteiger partial charge in [0, 0.05) is 44.1 Å². The van der Waals surface area contributed by atoms with Gasteiger partial charge in [-0.1, -0.05) is 12.1 Å². The highest BCUT2D eigenvalue weighted by Gasteiger charge is 2.17. The van der Waals surface area contributed by atoms with Gasteiger partial charge in [0.1, 0.15) is 11.3 Å². The van der Waals surface area contributed by atoms with Gasteiger partial charge in [-0.05, 0) is 18.2 Å². The summed E-state index contributed by atoms with van der Waals surface area (Å²) in [5, 5.41) is 8.07. The van der Waals surface area contributed by atoms with Gasteiger partial charge in [-0.2, -0.15) is 5.10 Å². The van der Waals surface area contributed by atoms with Crippen molar-refractivity contribution >= 4 is 11.3 Å². The predicted octanol–water partition coefficient (Wildman–Crippen LogP) is 1.81. The van der Waals surface area contributed by atoms with Crippen molar-refractivity contribution in [2.24, 2.45) is 0 Å². The SMILES string of the molecule is COc1ccccc1-c1cc2c(N3CCNCC3)nccn2n1. The van der Waals surface area contributed by atoms with Crippen molar-refractivity contribution < 1.29 is 4.74 Å². The molecule has 0 radical (unpaired) electrons. The van der Waals surface area contributed by atoms with E-state index in [-0.39, 0.29) is 0 Å². The van der Waals surface area contributed by atoms with Gasteiger partial charge in [0.25, 0.3) is 0 Å². The Bertz CT molecular complexity index is 823. The molecular weight excluding hydrogens is 290 g/mol. The summed E-state index contributed by atoms with van der Waals surface area (Å²) < 4.78 is 7.35. The molecule has 23 heavy (non-hydrogen) atoms. The lowest BCUT2D eigenvalue weighted by Crippen LogP contribution is -2.44. The molecular formula is C17H19N5O. The minimum absolute atomic E-state index is 0.826. The first kappa shape index (κ1) is 14.0. The molecule has 1 N–H and O–H groups in total. The fourth-order valence-electron chi connectivity index (χ4n) is 3.02. The monoisotopic (exact) mass is 309 g/mol. The molecule has 1 fully saturated rings. The highest BCUT2D eigenvalue weighted by molar-refractivity contribution is 5.77. The van der Waals surface area contributed by atoms with E-state index in [0.29, 0.717) is 0 Å². The molecule has 118 valence electrons. The normalized spacial score (nSPS) is 15.1. The van der Waals surface area contributed by atoms with Gasteiger partial charge in [0.15, 0.2) is 5.82 Å². The number of rotatable bonds is 3. The fraction of sp³-hybridized carbons (Fsp3) is 0.294. The van der Waals surface area contributed by atoms with E-state index in [0.717, 1.165) is 54.5 Å². The van der Waals surface area contributed by atoms with Crippen molar-refractivity contribution in [3.63, 3.8) is 0 Å². The maximum Gasteiger partial charge on any atom is 0.154 e. The standard InChI is InChI=1S/C17H19N5O/c1-23-16-5-3-2-4-13(16)14-12-15-17(19-8-11-22(15)20-14)21-9-6-18-7-10-21/h2-5,8,11-12,18H,6-7,9-10H2,1H3. The Morgan fingerprint density at radius 3 is 2.83 bits per heavy atom. The van der Waals surface area contributed by atoms with Crippen LogP contribution in [-0.4, -0.2) is 47.9 Å². The molecule has 3 heterocycles. The Labute approximate surface area is 134 Å². The largest absolute Gasteiger partial charge is 0.496 e. The van der Waals surface area contributed by atoms with Gasteiger partial charge in [0.2, 0.25) is 0 Å². The van der Waals surface area contributed by atoms with Crippen LogP contribution in [-0.2, 0) is 0 Å². The number of fused-ring (bicyclic) bond motifs is 1. The highest BCUT2D eigenvalue weighted by Crippen LogP contribution is 2.31. The lowest BCUT2D eigenvalue weighted by Gasteiger charge is -2.28. The summed E-state index contributed by atoms with van der Waals surface area (Å²) in [6.45, 7) is 3.89. The number of ether oxygens (including phenoxy) is 1. The van der Waals surface area contributed by atoms with Crippen molar-refractivity contribution in [2.45, 2.75) is 0 Å². The van der Waals surface area contributed by atoms with Crippen molar-refractivity contribution in [2.75, 3.05) is 38.2 Å². The molecule has 6 heteroatoms. The van der Waals surface area contributed by atoms with Crippen LogP contribution in [0.5, 0.6) is 5.75 Å². The molecule has 3 aromatic rings. The molecule has 1 saturated heterocycles. The van der Waals surface area contributed by atoms with E-state index in [1.54, 1.807) is 7.11 Å². The Morgan fingerprint density at radius 2 is 2.00 bits per heavy atom. The second-order valence-corrected chi connectivity index (χ2v) is 5.55. The first-order chi connectivity index (χ1) is 11.4. The first-order valence-electron chi connectivity index (χ1n) is 7.80. The maximum absolute atomic E-state index is 5.46. The summed E-state index contributed by atoms with van der Waals surface area (Å²) in [6, 6.07) is 10.0. The predicted molar refractivity (Wildman–Crippen MR) is 90.1 cm³/mol. The topological polar surface area (TPSA) is 54.7 Å². The average molecular weight is 309 g/mol. The number of anilines is 1. The molecule has 0 bridgehead atoms. The van der Waals surface area contributed by atoms with Crippen molar-refractivity contribution in [1.29, 1.82) is 0 Å². The van der Waals surface area contributed by atoms with Crippen LogP contribution < -0.4 is 15.0 Å². The fourth-order valence-corrected chi connectivity index (χ4v) is 3.02. The molecule has 1 aromatic carbocycles. The molecule has 0 atom stereocenters. The molecule has 1 aliphatic heterocycles. The molecule has 1 aliphatic rings. The second kappa shape index (κ2) is 5.89. The molecule has 0 saturated carbocycles. The van der Waals surface area contributed by atoms with Crippen LogP contribution in [0, 0.1) is 0 Å². The lowest BCUT2D eigenvalue weighted by atomic mass is 10.1. The molecule has 4 rings (SSSR count). The third-order valence-corrected chi connectivity index (χ3v) is 4.17. The average Bonchev–Trinajstić information content (AvgIpc) is 3.06. The minimum Gasteiger partial charge on any atom is -0.496 e. The van der Waals surface area contributed by atoms with Gasteiger partial charge >= 0.3 is 0 Å². The third kappa shape index (κ3) is 2.51. The Balaban J connectivity index is 1.81. The zero-order chi connectivity index (χ0) is 15.6. The molecule has 2 aromatic heterocycles. The van der Waals surface area contributed by atoms with Crippen LogP contribution in [0.1, 0.15) is 0 Å². The van der Waals surface area contributed by atoms with Crippen LogP contribution in [0.4, 0.5) is 5.82 Å². The van der Waals surface area contributed by atoms with Crippen LogP contribution in [0.15, 0.2) is 42.7 Å². The number of aromatic nitrogens is 3. The Kier molecular flexibility index (Phi) is 3.59. The number of nitrogens with one attached hydrogen (secondary N) is 1. The third-order valence-electron chi connectivity index (χ3n) is 4.17. The van der Waals surface area contributed by atoms with Gasteiger partial charge in [-0.15, -0.1) is 0 Å². The lowest BCUT2D eigenvalue weighted by molar-refractivity contribution is 0.416. The number of nitrogens with zero attached hydrogens (tertiary/aromatic N) is 4. The van der Waals surface area contributed by atoms with E-state index >= 15 is 0 Å². The van der Waals surface area contributed by atoms with E-state index in [2.05, 4.69) is 21.3 Å². The molecule has 0 amide bonds. The van der Waals surface area contributed by atoms with E-state index in [9.17, 15) is 0 Å². The summed E-state index contributed by atoms with van der Waals surface area (Å²) >= 11 is 0. The molecule has 0 spiro atoms. The molecule has 0 aliphatic carbocycles. The Hall–Kier alpha value is -2.60. The second-order valence-electron chi connectivity index (χ2n) is 5.55. The number of hydrogen-bond acceptors (Lipinski definition) is 5. The van der Waals surface area contributed by atoms with Crippen LogP contribution in [0.25, 0.3) is 16.8 Å². The van der Waals surface area contributed by atoms with Gasteiger partial charge in [-0.3, -0.25) is 0 Å². The maximum atomic E-state index is 5.46. The number of benzene rings is 1. The van der Waals surface area contributed by atoms with Gasteiger partial charge < -0.3 is 15.0 Å². The van der Waals surface area contributed by atoms with Gasteiger partial charge in [0.05, 0.1) is 12.8 Å². The summed E-state index contributed by atoms with van der Waals surface area (Å²) in [5.41, 5.74) is 2.91. The number of methoxy groups -OCH3 is 1. The summed E-state index contributed by atoms with van der Waals surface area (Å²) in [4.78, 5) is 6.89. The van der Waals surface area contributed by atoms with Crippen LogP contribution >= 0.6 is 0 Å². The first-order valence-corrected chi connectivity index (χ1v) is 7.80. The van der Waals surface area contributed by atoms with E-state index in [4.69, 9.17) is 9.84 Å². The summed E-state index contributed by atoms with van der Waals surface area (Å²) in [7, 11) is 1.68. The quantitative estimate of drug-likeness (QED) is 0.800. The van der Waals surface area contributed by atoms with Crippen molar-refractivity contribution in [1.82, 2.24) is 19.9 Å². The molecule has 0 unspecified atom stereocenters. The number of para-hydroxylation sites is 1. The van der Waals surface area contributed by atoms with E-state index in [1.807, 2.05) is 41.2 Å². The van der Waals surface area contributed by atoms with E-state index in [1.165, 1.54) is 0 Å². The van der Waals surface area contributed by atoms with E-state index < -0.39 is 0 Å². The van der Waals surface area contributed by atoms with Crippen molar-refractivity contribution in [3.05, 3.63) is 42.7 Å². The zero-order valence-electron chi connectivity index (χ0n) is 13.1.